The molecule has 0 unspecified atom stereocenters. The number of H-pyrrole nitrogens is 1. The maximum Gasteiger partial charge on any atom is 0.139 e. The summed E-state index contributed by atoms with van der Waals surface area (Å²) in [5.74, 6) is 0.878. The van der Waals surface area contributed by atoms with E-state index in [1.807, 2.05) is 42.5 Å². The molecule has 0 radical (unpaired) electrons. The molecule has 2 aromatic carbocycles. The summed E-state index contributed by atoms with van der Waals surface area (Å²) in [6, 6.07) is 16.0. The first-order valence-corrected chi connectivity index (χ1v) is 5.83. The van der Waals surface area contributed by atoms with E-state index < -0.39 is 0 Å². The molecular weight excluding hydrogens is 224 g/mol. The molecule has 0 aliphatic carbocycles. The third kappa shape index (κ3) is 1.27. The molecule has 0 atom stereocenters. The second-order valence-electron chi connectivity index (χ2n) is 4.24. The van der Waals surface area contributed by atoms with Gasteiger partial charge in [0.05, 0.1) is 17.3 Å². The minimum Gasteiger partial charge on any atom is -0.464 e. The predicted molar refractivity (Wildman–Crippen MR) is 71.3 cm³/mol. The van der Waals surface area contributed by atoms with Gasteiger partial charge in [0, 0.05) is 10.9 Å². The number of fused-ring (bicyclic) bond motifs is 2. The van der Waals surface area contributed by atoms with Crippen molar-refractivity contribution in [3.05, 3.63) is 54.8 Å². The van der Waals surface area contributed by atoms with Crippen LogP contribution in [0.15, 0.2) is 59.2 Å². The average molecular weight is 234 g/mol. The van der Waals surface area contributed by atoms with Crippen molar-refractivity contribution in [2.24, 2.45) is 0 Å². The summed E-state index contributed by atoms with van der Waals surface area (Å²) in [5, 5.41) is 1.08. The van der Waals surface area contributed by atoms with Crippen LogP contribution in [0.25, 0.3) is 33.4 Å². The largest absolute Gasteiger partial charge is 0.464 e. The highest BCUT2D eigenvalue weighted by Gasteiger charge is 2.09. The van der Waals surface area contributed by atoms with Gasteiger partial charge in [-0.1, -0.05) is 24.3 Å². The number of nitrogens with one attached hydrogen (secondary N) is 1. The lowest BCUT2D eigenvalue weighted by Crippen LogP contribution is -1.80. The highest BCUT2D eigenvalue weighted by atomic mass is 16.3. The lowest BCUT2D eigenvalue weighted by Gasteiger charge is -1.97. The van der Waals surface area contributed by atoms with E-state index in [2.05, 4.69) is 16.0 Å². The molecule has 4 rings (SSSR count). The fourth-order valence-electron chi connectivity index (χ4n) is 2.28. The number of imidazole rings is 1. The molecule has 0 amide bonds. The van der Waals surface area contributed by atoms with E-state index in [1.165, 1.54) is 0 Å². The smallest absolute Gasteiger partial charge is 0.139 e. The van der Waals surface area contributed by atoms with Gasteiger partial charge in [-0.2, -0.15) is 0 Å². The number of para-hydroxylation sites is 2. The van der Waals surface area contributed by atoms with Gasteiger partial charge in [-0.15, -0.1) is 0 Å². The molecule has 18 heavy (non-hydrogen) atoms. The number of aromatic nitrogens is 2. The standard InChI is InChI=1S/C15H10N2O/c1-2-6-13-12(5-1)16-15(17-13)11-4-3-7-14-10(11)8-9-18-14/h1-9H,(H,16,17). The number of aromatic amines is 1. The van der Waals surface area contributed by atoms with Gasteiger partial charge < -0.3 is 9.40 Å². The summed E-state index contributed by atoms with van der Waals surface area (Å²) in [5.41, 5.74) is 3.98. The minimum absolute atomic E-state index is 0.878. The maximum atomic E-state index is 5.41. The maximum absolute atomic E-state index is 5.41. The van der Waals surface area contributed by atoms with Gasteiger partial charge in [-0.25, -0.2) is 4.98 Å². The van der Waals surface area contributed by atoms with Crippen molar-refractivity contribution in [1.82, 2.24) is 9.97 Å². The Hall–Kier alpha value is -2.55. The van der Waals surface area contributed by atoms with Gasteiger partial charge in [-0.3, -0.25) is 0 Å². The van der Waals surface area contributed by atoms with Crippen molar-refractivity contribution in [1.29, 1.82) is 0 Å². The molecule has 3 heteroatoms. The fraction of sp³-hybridized carbons (Fsp3) is 0. The van der Waals surface area contributed by atoms with Crippen molar-refractivity contribution in [3.8, 4) is 11.4 Å². The number of rotatable bonds is 1. The van der Waals surface area contributed by atoms with Gasteiger partial charge in [0.15, 0.2) is 0 Å². The molecule has 1 N–H and O–H groups in total. The molecule has 0 aliphatic rings. The highest BCUT2D eigenvalue weighted by Crippen LogP contribution is 2.28. The van der Waals surface area contributed by atoms with Gasteiger partial charge in [0.1, 0.15) is 11.4 Å². The van der Waals surface area contributed by atoms with Crippen LogP contribution < -0.4 is 0 Å². The Morgan fingerprint density at radius 3 is 2.83 bits per heavy atom. The van der Waals surface area contributed by atoms with E-state index in [1.54, 1.807) is 6.26 Å². The number of nitrogens with zero attached hydrogens (tertiary/aromatic N) is 1. The minimum atomic E-state index is 0.878. The molecule has 4 aromatic rings. The fourth-order valence-corrected chi connectivity index (χ4v) is 2.28. The topological polar surface area (TPSA) is 41.8 Å². The van der Waals surface area contributed by atoms with E-state index >= 15 is 0 Å². The zero-order valence-corrected chi connectivity index (χ0v) is 9.55. The van der Waals surface area contributed by atoms with Crippen LogP contribution in [0.4, 0.5) is 0 Å². The second kappa shape index (κ2) is 3.47. The lowest BCUT2D eigenvalue weighted by atomic mass is 10.1. The number of hydrogen-bond donors (Lipinski definition) is 1. The Labute approximate surface area is 103 Å². The monoisotopic (exact) mass is 234 g/mol. The van der Waals surface area contributed by atoms with Crippen LogP contribution in [-0.4, -0.2) is 9.97 Å². The molecule has 0 fully saturated rings. The summed E-state index contributed by atoms with van der Waals surface area (Å²) in [6.45, 7) is 0. The van der Waals surface area contributed by atoms with Crippen molar-refractivity contribution < 1.29 is 4.42 Å². The van der Waals surface area contributed by atoms with Crippen molar-refractivity contribution in [2.45, 2.75) is 0 Å². The van der Waals surface area contributed by atoms with E-state index in [0.29, 0.717) is 0 Å². The van der Waals surface area contributed by atoms with Gasteiger partial charge in [0.2, 0.25) is 0 Å². The first-order chi connectivity index (χ1) is 8.92. The Balaban J connectivity index is 2.04. The zero-order valence-electron chi connectivity index (χ0n) is 9.55. The van der Waals surface area contributed by atoms with E-state index in [0.717, 1.165) is 33.4 Å². The van der Waals surface area contributed by atoms with Gasteiger partial charge in [0.25, 0.3) is 0 Å². The first-order valence-electron chi connectivity index (χ1n) is 5.83. The Morgan fingerprint density at radius 2 is 1.89 bits per heavy atom. The van der Waals surface area contributed by atoms with Gasteiger partial charge >= 0.3 is 0 Å². The SMILES string of the molecule is c1ccc2[nH]c(-c3cccc4occc34)nc2c1. The van der Waals surface area contributed by atoms with Crippen LogP contribution in [0, 0.1) is 0 Å². The van der Waals surface area contributed by atoms with Crippen molar-refractivity contribution >= 4 is 22.0 Å². The highest BCUT2D eigenvalue weighted by molar-refractivity contribution is 5.93. The molecule has 0 spiro atoms. The van der Waals surface area contributed by atoms with Gasteiger partial charge in [-0.05, 0) is 24.3 Å². The molecule has 2 aromatic heterocycles. The quantitative estimate of drug-likeness (QED) is 0.541. The molecule has 3 nitrogen and oxygen atoms in total. The Kier molecular flexibility index (Phi) is 1.83. The second-order valence-corrected chi connectivity index (χ2v) is 4.24. The molecule has 0 saturated heterocycles. The van der Waals surface area contributed by atoms with Crippen molar-refractivity contribution in [3.63, 3.8) is 0 Å². The van der Waals surface area contributed by atoms with Crippen LogP contribution in [-0.2, 0) is 0 Å². The molecule has 0 bridgehead atoms. The average Bonchev–Trinajstić information content (AvgIpc) is 3.04. The summed E-state index contributed by atoms with van der Waals surface area (Å²) < 4.78 is 5.41. The normalized spacial score (nSPS) is 11.3. The first kappa shape index (κ1) is 9.48. The summed E-state index contributed by atoms with van der Waals surface area (Å²) >= 11 is 0. The molecular formula is C15H10N2O. The van der Waals surface area contributed by atoms with Crippen LogP contribution >= 0.6 is 0 Å². The molecule has 2 heterocycles. The number of benzene rings is 2. The molecule has 0 saturated carbocycles. The van der Waals surface area contributed by atoms with Crippen LogP contribution in [0.2, 0.25) is 0 Å². The molecule has 86 valence electrons. The third-order valence-electron chi connectivity index (χ3n) is 3.14. The van der Waals surface area contributed by atoms with Crippen LogP contribution in [0.3, 0.4) is 0 Å². The third-order valence-corrected chi connectivity index (χ3v) is 3.14. The number of furan rings is 1. The summed E-state index contributed by atoms with van der Waals surface area (Å²) in [7, 11) is 0. The van der Waals surface area contributed by atoms with Crippen molar-refractivity contribution in [2.75, 3.05) is 0 Å². The number of hydrogen-bond acceptors (Lipinski definition) is 2. The zero-order chi connectivity index (χ0) is 11.9. The Morgan fingerprint density at radius 1 is 0.944 bits per heavy atom. The van der Waals surface area contributed by atoms with E-state index in [9.17, 15) is 0 Å². The van der Waals surface area contributed by atoms with Crippen LogP contribution in [0.5, 0.6) is 0 Å². The summed E-state index contributed by atoms with van der Waals surface area (Å²) in [4.78, 5) is 7.96. The Bertz CT molecular complexity index is 809. The van der Waals surface area contributed by atoms with E-state index in [-0.39, 0.29) is 0 Å². The summed E-state index contributed by atoms with van der Waals surface area (Å²) in [6.07, 6.45) is 1.71. The molecule has 0 aliphatic heterocycles. The van der Waals surface area contributed by atoms with E-state index in [4.69, 9.17) is 4.42 Å². The van der Waals surface area contributed by atoms with Crippen LogP contribution in [0.1, 0.15) is 0 Å². The lowest BCUT2D eigenvalue weighted by molar-refractivity contribution is 0.616. The predicted octanol–water partition coefficient (Wildman–Crippen LogP) is 3.98.